The summed E-state index contributed by atoms with van der Waals surface area (Å²) in [4.78, 5) is 41.9. The first-order chi connectivity index (χ1) is 56.3. The fraction of sp³-hybridized carbons (Fsp3) is 0.632. The molecule has 6 aromatic carbocycles. The van der Waals surface area contributed by atoms with Crippen LogP contribution in [0.4, 0.5) is 0 Å². The average Bonchev–Trinajstić information content (AvgIpc) is 0.814. The summed E-state index contributed by atoms with van der Waals surface area (Å²) in [6.45, 7) is 15.8. The summed E-state index contributed by atoms with van der Waals surface area (Å²) < 4.78 is 0. The fourth-order valence-corrected chi connectivity index (χ4v) is 16.4. The Kier molecular flexibility index (Phi) is 58.2. The van der Waals surface area contributed by atoms with Gasteiger partial charge in [0.15, 0.2) is 17.3 Å². The van der Waals surface area contributed by atoms with Gasteiger partial charge in [0.25, 0.3) is 0 Å². The van der Waals surface area contributed by atoms with Crippen LogP contribution in [-0.2, 0) is 77.0 Å². The van der Waals surface area contributed by atoms with E-state index in [0.29, 0.717) is 60.8 Å². The Morgan fingerprint density at radius 3 is 0.565 bits per heavy atom. The molecule has 0 aromatic heterocycles. The largest absolute Gasteiger partial charge is 0.396 e. The van der Waals surface area contributed by atoms with E-state index < -0.39 is 0 Å². The highest BCUT2D eigenvalue weighted by atomic mass is 16.3. The van der Waals surface area contributed by atoms with E-state index in [1.165, 1.54) is 270 Å². The number of hydrogen-bond acceptors (Lipinski definition) is 9. The van der Waals surface area contributed by atoms with E-state index in [2.05, 4.69) is 121 Å². The van der Waals surface area contributed by atoms with E-state index >= 15 is 0 Å². The molecule has 0 amide bonds. The predicted octanol–water partition coefficient (Wildman–Crippen LogP) is 26.0. The van der Waals surface area contributed by atoms with E-state index in [9.17, 15) is 45.0 Å². The van der Waals surface area contributed by atoms with Crippen molar-refractivity contribution < 1.29 is 45.0 Å². The second kappa shape index (κ2) is 66.0. The van der Waals surface area contributed by atoms with E-state index in [-0.39, 0.29) is 57.0 Å². The number of aliphatic hydroxyl groups is 6. The monoisotopic (exact) mass is 1580 g/mol. The molecule has 6 rings (SSSR count). The molecule has 0 radical (unpaired) electrons. The van der Waals surface area contributed by atoms with Crippen LogP contribution >= 0.6 is 0 Å². The van der Waals surface area contributed by atoms with Gasteiger partial charge in [0.1, 0.15) is 0 Å². The third-order valence-corrected chi connectivity index (χ3v) is 23.6. The Balaban J connectivity index is 0.000000363. The molecule has 0 aliphatic rings. The maximum absolute atomic E-state index is 14.0. The zero-order valence-electron chi connectivity index (χ0n) is 74.1. The van der Waals surface area contributed by atoms with Gasteiger partial charge in [-0.1, -0.05) is 339 Å². The number of aliphatic hydroxyl groups excluding tert-OH is 6. The highest BCUT2D eigenvalue weighted by molar-refractivity contribution is 6.12. The molecule has 6 aromatic rings. The second-order valence-corrected chi connectivity index (χ2v) is 33.5. The third kappa shape index (κ3) is 41.6. The zero-order valence-corrected chi connectivity index (χ0v) is 74.1. The molecule has 642 valence electrons. The van der Waals surface area contributed by atoms with Gasteiger partial charge in [0, 0.05) is 73.0 Å². The van der Waals surface area contributed by atoms with Crippen molar-refractivity contribution in [2.24, 2.45) is 0 Å². The highest BCUT2D eigenvalue weighted by Gasteiger charge is 2.23. The van der Waals surface area contributed by atoms with Crippen LogP contribution in [-0.4, -0.2) is 87.6 Å². The number of ketones is 3. The van der Waals surface area contributed by atoms with E-state index in [1.54, 1.807) is 0 Å². The summed E-state index contributed by atoms with van der Waals surface area (Å²) in [5.74, 6) is 0.0867. The molecular weight excluding hydrogens is 1420 g/mol. The van der Waals surface area contributed by atoms with Crippen molar-refractivity contribution in [3.63, 3.8) is 0 Å². The van der Waals surface area contributed by atoms with E-state index in [0.717, 1.165) is 122 Å². The lowest BCUT2D eigenvalue weighted by Crippen LogP contribution is -2.12. The SMILES string of the molecule is CCCCCCCCCc1ccc(CCO)c(C(=O)c2cc(CCCCCCCCC)c(C)cc2CCO)c1.CCCCCCCCCc1ccc(CCO)c(C(=O)c2cc(CCCCCCCCC)ccc2CCO)c1.CCCCCCCCCc1ccc(CCO)c(C(=O)c2cc(CCCCCCCCC)ccc2CCO)c1. The van der Waals surface area contributed by atoms with Crippen molar-refractivity contribution >= 4 is 17.3 Å². The molecule has 9 nitrogen and oxygen atoms in total. The van der Waals surface area contributed by atoms with Crippen molar-refractivity contribution in [1.82, 2.24) is 0 Å². The molecule has 0 unspecified atom stereocenters. The Morgan fingerprint density at radius 1 is 0.191 bits per heavy atom. The minimum absolute atomic E-state index is 0.0261. The molecular formula is C106H164O9. The molecule has 0 atom stereocenters. The molecule has 115 heavy (non-hydrogen) atoms. The summed E-state index contributed by atoms with van der Waals surface area (Å²) in [5, 5.41) is 58.1. The predicted molar refractivity (Wildman–Crippen MR) is 489 cm³/mol. The molecule has 0 aliphatic heterocycles. The lowest BCUT2D eigenvalue weighted by atomic mass is 9.87. The standard InChI is InChI=1S/C36H56O3.2C35H54O3/c1-4-6-8-10-12-14-16-18-30-20-21-31(22-24-37)34(27-30)36(39)35-28-32(29(3)26-33(35)23-25-38)19-17-15-13-11-9-7-5-2;2*1-3-5-7-9-11-13-15-17-29-19-21-31(23-25-36)33(27-29)35(38)34-28-30(20-22-32(34)24-26-37)18-16-14-12-10-8-6-4-2/h20-21,26-28,37-38H,4-19,22-25H2,1-3H3;2*19-22,27-28,36-37H,3-18,23-26H2,1-2H3. The minimum Gasteiger partial charge on any atom is -0.396 e. The van der Waals surface area contributed by atoms with Crippen molar-refractivity contribution in [2.45, 2.75) is 395 Å². The number of rotatable bonds is 66. The third-order valence-electron chi connectivity index (χ3n) is 23.6. The van der Waals surface area contributed by atoms with Crippen LogP contribution in [0, 0.1) is 6.92 Å². The highest BCUT2D eigenvalue weighted by Crippen LogP contribution is 2.30. The topological polar surface area (TPSA) is 173 Å². The molecule has 0 spiro atoms. The smallest absolute Gasteiger partial charge is 0.193 e. The minimum atomic E-state index is 0.0261. The molecule has 0 saturated carbocycles. The average molecular weight is 1580 g/mol. The molecule has 0 bridgehead atoms. The number of benzene rings is 6. The molecule has 0 heterocycles. The Bertz CT molecular complexity index is 3230. The van der Waals surface area contributed by atoms with Crippen molar-refractivity contribution in [2.75, 3.05) is 39.6 Å². The van der Waals surface area contributed by atoms with Gasteiger partial charge in [-0.05, 0) is 231 Å². The number of carbonyl (C=O) groups excluding carboxylic acids is 3. The van der Waals surface area contributed by atoms with Gasteiger partial charge in [-0.15, -0.1) is 0 Å². The first kappa shape index (κ1) is 101. The van der Waals surface area contributed by atoms with Gasteiger partial charge in [-0.2, -0.15) is 0 Å². The van der Waals surface area contributed by atoms with Crippen LogP contribution in [0.5, 0.6) is 0 Å². The lowest BCUT2D eigenvalue weighted by Gasteiger charge is -2.16. The lowest BCUT2D eigenvalue weighted by molar-refractivity contribution is 0.102. The summed E-state index contributed by atoms with van der Waals surface area (Å²) in [5.41, 5.74) is 18.2. The maximum Gasteiger partial charge on any atom is 0.193 e. The Labute approximate surface area is 702 Å². The van der Waals surface area contributed by atoms with Gasteiger partial charge in [0.2, 0.25) is 0 Å². The number of aryl methyl sites for hydroxylation is 7. The maximum atomic E-state index is 14.0. The Morgan fingerprint density at radius 2 is 0.365 bits per heavy atom. The van der Waals surface area contributed by atoms with Gasteiger partial charge >= 0.3 is 0 Å². The van der Waals surface area contributed by atoms with E-state index in [4.69, 9.17) is 0 Å². The number of unbranched alkanes of at least 4 members (excludes halogenated alkanes) is 36. The molecule has 9 heteroatoms. The van der Waals surface area contributed by atoms with Gasteiger partial charge in [0.05, 0.1) is 0 Å². The number of hydrogen-bond donors (Lipinski definition) is 6. The van der Waals surface area contributed by atoms with Gasteiger partial charge in [-0.25, -0.2) is 0 Å². The summed E-state index contributed by atoms with van der Waals surface area (Å²) >= 11 is 0. The van der Waals surface area contributed by atoms with Crippen LogP contribution in [0.25, 0.3) is 0 Å². The van der Waals surface area contributed by atoms with Crippen LogP contribution in [0.15, 0.2) is 103 Å². The van der Waals surface area contributed by atoms with Crippen LogP contribution in [0.3, 0.4) is 0 Å². The van der Waals surface area contributed by atoms with Crippen molar-refractivity contribution in [1.29, 1.82) is 0 Å². The summed E-state index contributed by atoms with van der Waals surface area (Å²) in [7, 11) is 0. The summed E-state index contributed by atoms with van der Waals surface area (Å²) in [6.07, 6.45) is 62.2. The van der Waals surface area contributed by atoms with Crippen molar-refractivity contribution in [3.05, 3.63) is 209 Å². The molecule has 6 N–H and O–H groups in total. The second-order valence-electron chi connectivity index (χ2n) is 33.5. The zero-order chi connectivity index (χ0) is 83.1. The van der Waals surface area contributed by atoms with Crippen LogP contribution in [0.1, 0.15) is 431 Å². The number of carbonyl (C=O) groups is 3. The quantitative estimate of drug-likeness (QED) is 0.0161. The Hall–Kier alpha value is -5.91. The molecule has 0 fully saturated rings. The van der Waals surface area contributed by atoms with Gasteiger partial charge < -0.3 is 30.6 Å². The van der Waals surface area contributed by atoms with Gasteiger partial charge in [-0.3, -0.25) is 14.4 Å². The van der Waals surface area contributed by atoms with Crippen molar-refractivity contribution in [3.8, 4) is 0 Å². The van der Waals surface area contributed by atoms with E-state index in [1.807, 2.05) is 30.3 Å². The van der Waals surface area contributed by atoms with Crippen LogP contribution in [0.2, 0.25) is 0 Å². The first-order valence-corrected chi connectivity index (χ1v) is 47.3. The molecule has 0 saturated heterocycles. The molecule has 0 aliphatic carbocycles. The fourth-order valence-electron chi connectivity index (χ4n) is 16.4. The first-order valence-electron chi connectivity index (χ1n) is 47.3. The normalized spacial score (nSPS) is 11.3. The van der Waals surface area contributed by atoms with Crippen LogP contribution < -0.4 is 0 Å². The summed E-state index contributed by atoms with van der Waals surface area (Å²) in [6, 6.07) is 35.4.